The molecule has 1 aliphatic rings. The summed E-state index contributed by atoms with van der Waals surface area (Å²) in [6, 6.07) is 2.63. The predicted molar refractivity (Wildman–Crippen MR) is 78.0 cm³/mol. The maximum absolute atomic E-state index is 14.0. The van der Waals surface area contributed by atoms with E-state index in [2.05, 4.69) is 10.6 Å². The van der Waals surface area contributed by atoms with Crippen LogP contribution in [0, 0.1) is 11.2 Å². The maximum atomic E-state index is 14.0. The topological polar surface area (TPSA) is 95.5 Å². The van der Waals surface area contributed by atoms with E-state index in [4.69, 9.17) is 5.11 Å². The second kappa shape index (κ2) is 5.75. The molecule has 0 aromatic heterocycles. The third-order valence-electron chi connectivity index (χ3n) is 3.54. The molecule has 6 nitrogen and oxygen atoms in total. The van der Waals surface area contributed by atoms with Gasteiger partial charge in [-0.2, -0.15) is 0 Å². The molecule has 1 aliphatic heterocycles. The number of halogens is 1. The fraction of sp³-hybridized carbons (Fsp3) is 0.400. The number of amides is 2. The van der Waals surface area contributed by atoms with E-state index in [1.165, 1.54) is 19.9 Å². The molecular weight excluding hydrogens is 291 g/mol. The first-order valence-electron chi connectivity index (χ1n) is 6.84. The highest BCUT2D eigenvalue weighted by atomic mass is 19.1. The molecule has 0 saturated carbocycles. The Morgan fingerprint density at radius 3 is 2.68 bits per heavy atom. The molecule has 7 heteroatoms. The summed E-state index contributed by atoms with van der Waals surface area (Å²) >= 11 is 0. The summed E-state index contributed by atoms with van der Waals surface area (Å²) in [5, 5.41) is 14.0. The molecular formula is C15H17FN2O4. The summed E-state index contributed by atoms with van der Waals surface area (Å²) in [7, 11) is 0. The number of aryl methyl sites for hydroxylation is 1. The second-order valence-corrected chi connectivity index (χ2v) is 5.95. The normalized spacial score (nSPS) is 14.0. The number of fused-ring (bicyclic) bond motifs is 1. The Kier molecular flexibility index (Phi) is 4.16. The van der Waals surface area contributed by atoms with Crippen LogP contribution in [-0.2, 0) is 20.8 Å². The minimum absolute atomic E-state index is 0.0129. The predicted octanol–water partition coefficient (Wildman–Crippen LogP) is 2.15. The summed E-state index contributed by atoms with van der Waals surface area (Å²) in [6.45, 7) is 2.85. The number of nitrogens with one attached hydrogen (secondary N) is 2. The Bertz CT molecular complexity index is 655. The quantitative estimate of drug-likeness (QED) is 0.794. The van der Waals surface area contributed by atoms with Gasteiger partial charge in [0.25, 0.3) is 0 Å². The lowest BCUT2D eigenvalue weighted by molar-refractivity contribution is -0.149. The smallest absolute Gasteiger partial charge is 0.309 e. The van der Waals surface area contributed by atoms with Crippen LogP contribution in [0.3, 0.4) is 0 Å². The summed E-state index contributed by atoms with van der Waals surface area (Å²) in [6.07, 6.45) is 0.499. The number of carbonyl (C=O) groups excluding carboxylic acids is 2. The van der Waals surface area contributed by atoms with Gasteiger partial charge in [0.05, 0.1) is 11.1 Å². The first kappa shape index (κ1) is 15.9. The first-order chi connectivity index (χ1) is 10.2. The molecule has 0 fully saturated rings. The lowest BCUT2D eigenvalue weighted by atomic mass is 9.89. The van der Waals surface area contributed by atoms with Crippen LogP contribution >= 0.6 is 0 Å². The van der Waals surface area contributed by atoms with Gasteiger partial charge in [-0.05, 0) is 38.0 Å². The Balaban J connectivity index is 2.15. The fourth-order valence-corrected chi connectivity index (χ4v) is 2.17. The molecule has 0 saturated heterocycles. The van der Waals surface area contributed by atoms with Crippen molar-refractivity contribution in [1.82, 2.24) is 0 Å². The molecule has 0 bridgehead atoms. The van der Waals surface area contributed by atoms with E-state index in [9.17, 15) is 18.8 Å². The van der Waals surface area contributed by atoms with Gasteiger partial charge in [0.2, 0.25) is 11.8 Å². The number of anilines is 2. The monoisotopic (exact) mass is 308 g/mol. The number of hydrogen-bond acceptors (Lipinski definition) is 3. The van der Waals surface area contributed by atoms with E-state index in [0.717, 1.165) is 11.6 Å². The lowest BCUT2D eigenvalue weighted by Gasteiger charge is -2.20. The van der Waals surface area contributed by atoms with Crippen molar-refractivity contribution in [2.75, 3.05) is 10.6 Å². The Morgan fingerprint density at radius 1 is 1.36 bits per heavy atom. The Hall–Kier alpha value is -2.44. The van der Waals surface area contributed by atoms with Gasteiger partial charge in [-0.15, -0.1) is 0 Å². The standard InChI is InChI=1S/C15H17FN2O4/c1-15(2,14(21)22)7-13(20)18-11-5-8-3-4-12(19)17-10(8)6-9(11)16/h5-6H,3-4,7H2,1-2H3,(H,17,19)(H,18,20)(H,21,22). The van der Waals surface area contributed by atoms with E-state index in [0.29, 0.717) is 18.5 Å². The van der Waals surface area contributed by atoms with Crippen molar-refractivity contribution < 1.29 is 23.9 Å². The van der Waals surface area contributed by atoms with E-state index in [-0.39, 0.29) is 18.0 Å². The molecule has 118 valence electrons. The average Bonchev–Trinajstić information content (AvgIpc) is 2.39. The van der Waals surface area contributed by atoms with Crippen LogP contribution in [0.1, 0.15) is 32.3 Å². The van der Waals surface area contributed by atoms with Crippen molar-refractivity contribution in [3.63, 3.8) is 0 Å². The number of hydrogen-bond donors (Lipinski definition) is 3. The molecule has 0 spiro atoms. The van der Waals surface area contributed by atoms with Gasteiger partial charge in [-0.3, -0.25) is 14.4 Å². The molecule has 0 atom stereocenters. The number of aliphatic carboxylic acids is 1. The fourth-order valence-electron chi connectivity index (χ4n) is 2.17. The zero-order valence-corrected chi connectivity index (χ0v) is 12.3. The molecule has 22 heavy (non-hydrogen) atoms. The van der Waals surface area contributed by atoms with Gasteiger partial charge in [-0.25, -0.2) is 4.39 Å². The highest BCUT2D eigenvalue weighted by Crippen LogP contribution is 2.29. The molecule has 2 amide bonds. The van der Waals surface area contributed by atoms with Gasteiger partial charge in [0.15, 0.2) is 0 Å². The number of benzene rings is 1. The molecule has 1 aromatic carbocycles. The molecule has 1 aromatic rings. The number of carbonyl (C=O) groups is 3. The lowest BCUT2D eigenvalue weighted by Crippen LogP contribution is -2.30. The van der Waals surface area contributed by atoms with Crippen LogP contribution in [-0.4, -0.2) is 22.9 Å². The van der Waals surface area contributed by atoms with Crippen molar-refractivity contribution >= 4 is 29.2 Å². The van der Waals surface area contributed by atoms with Crippen molar-refractivity contribution in [1.29, 1.82) is 0 Å². The summed E-state index contributed by atoms with van der Waals surface area (Å²) in [5.41, 5.74) is -0.115. The summed E-state index contributed by atoms with van der Waals surface area (Å²) in [5.74, 6) is -2.53. The average molecular weight is 308 g/mol. The molecule has 0 aliphatic carbocycles. The van der Waals surface area contributed by atoms with E-state index < -0.39 is 23.1 Å². The van der Waals surface area contributed by atoms with Gasteiger partial charge in [0.1, 0.15) is 5.82 Å². The van der Waals surface area contributed by atoms with Gasteiger partial charge in [-0.1, -0.05) is 0 Å². The third kappa shape index (κ3) is 3.41. The third-order valence-corrected chi connectivity index (χ3v) is 3.54. The number of carboxylic acids is 1. The molecule has 3 N–H and O–H groups in total. The zero-order chi connectivity index (χ0) is 16.5. The summed E-state index contributed by atoms with van der Waals surface area (Å²) in [4.78, 5) is 34.2. The van der Waals surface area contributed by atoms with E-state index >= 15 is 0 Å². The van der Waals surface area contributed by atoms with Crippen molar-refractivity contribution in [3.8, 4) is 0 Å². The van der Waals surface area contributed by atoms with Gasteiger partial charge >= 0.3 is 5.97 Å². The van der Waals surface area contributed by atoms with Crippen LogP contribution in [0.2, 0.25) is 0 Å². The zero-order valence-electron chi connectivity index (χ0n) is 12.3. The van der Waals surface area contributed by atoms with E-state index in [1.54, 1.807) is 0 Å². The Morgan fingerprint density at radius 2 is 2.05 bits per heavy atom. The first-order valence-corrected chi connectivity index (χ1v) is 6.84. The SMILES string of the molecule is CC(C)(CC(=O)Nc1cc2c(cc1F)NC(=O)CC2)C(=O)O. The Labute approximate surface area is 126 Å². The molecule has 0 radical (unpaired) electrons. The van der Waals surface area contributed by atoms with E-state index in [1.807, 2.05) is 0 Å². The second-order valence-electron chi connectivity index (χ2n) is 5.95. The van der Waals surface area contributed by atoms with Crippen LogP contribution in [0.25, 0.3) is 0 Å². The highest BCUT2D eigenvalue weighted by molar-refractivity contribution is 5.96. The minimum Gasteiger partial charge on any atom is -0.481 e. The van der Waals surface area contributed by atoms with Crippen molar-refractivity contribution in [3.05, 3.63) is 23.5 Å². The highest BCUT2D eigenvalue weighted by Gasteiger charge is 2.30. The molecule has 1 heterocycles. The van der Waals surface area contributed by atoms with Gasteiger partial charge < -0.3 is 15.7 Å². The van der Waals surface area contributed by atoms with Crippen LogP contribution in [0.15, 0.2) is 12.1 Å². The largest absolute Gasteiger partial charge is 0.481 e. The van der Waals surface area contributed by atoms with Crippen LogP contribution < -0.4 is 10.6 Å². The maximum Gasteiger partial charge on any atom is 0.309 e. The van der Waals surface area contributed by atoms with Crippen molar-refractivity contribution in [2.45, 2.75) is 33.1 Å². The minimum atomic E-state index is -1.23. The molecule has 0 unspecified atom stereocenters. The molecule has 2 rings (SSSR count). The van der Waals surface area contributed by atoms with Gasteiger partial charge in [0, 0.05) is 18.5 Å². The van der Waals surface area contributed by atoms with Crippen LogP contribution in [0.5, 0.6) is 0 Å². The summed E-state index contributed by atoms with van der Waals surface area (Å²) < 4.78 is 14.0. The van der Waals surface area contributed by atoms with Crippen molar-refractivity contribution in [2.24, 2.45) is 5.41 Å². The number of rotatable bonds is 4. The number of carboxylic acid groups (broad SMARTS) is 1. The van der Waals surface area contributed by atoms with Crippen LogP contribution in [0.4, 0.5) is 15.8 Å².